The van der Waals surface area contributed by atoms with Crippen LogP contribution in [0, 0.1) is 10.1 Å². The number of halogens is 1. The summed E-state index contributed by atoms with van der Waals surface area (Å²) in [5.41, 5.74) is 1.03. The third kappa shape index (κ3) is 3.82. The summed E-state index contributed by atoms with van der Waals surface area (Å²) in [4.78, 5) is 22.2. The maximum absolute atomic E-state index is 12.1. The van der Waals surface area contributed by atoms with Crippen LogP contribution in [0.3, 0.4) is 0 Å². The van der Waals surface area contributed by atoms with E-state index in [2.05, 4.69) is 5.32 Å². The quantitative estimate of drug-likeness (QED) is 0.679. The van der Waals surface area contributed by atoms with Crippen molar-refractivity contribution >= 4 is 23.2 Å². The first kappa shape index (κ1) is 15.1. The maximum Gasteiger partial charge on any atom is 0.270 e. The molecule has 1 heterocycles. The Bertz CT molecular complexity index is 655. The van der Waals surface area contributed by atoms with Gasteiger partial charge in [-0.05, 0) is 31.0 Å². The Hall–Kier alpha value is -2.34. The molecule has 2 rings (SSSR count). The van der Waals surface area contributed by atoms with Crippen LogP contribution in [0.2, 0.25) is 5.02 Å². The van der Waals surface area contributed by atoms with Gasteiger partial charge in [0, 0.05) is 18.2 Å². The van der Waals surface area contributed by atoms with Crippen molar-refractivity contribution in [2.45, 2.75) is 19.4 Å². The number of carbonyl (C=O) groups excluding carboxylic acids is 1. The molecule has 2 aromatic rings. The number of hydrogen-bond acceptors (Lipinski definition) is 4. The summed E-state index contributed by atoms with van der Waals surface area (Å²) in [6.45, 7) is 1.85. The summed E-state index contributed by atoms with van der Waals surface area (Å²) < 4.78 is 4.96. The zero-order valence-electron chi connectivity index (χ0n) is 11.2. The summed E-state index contributed by atoms with van der Waals surface area (Å²) in [5, 5.41) is 13.5. The van der Waals surface area contributed by atoms with Crippen LogP contribution in [-0.4, -0.2) is 16.9 Å². The van der Waals surface area contributed by atoms with E-state index in [0.717, 1.165) is 11.6 Å². The molecule has 7 heteroatoms. The second-order valence-electron chi connectivity index (χ2n) is 4.63. The second kappa shape index (κ2) is 6.41. The van der Waals surface area contributed by atoms with Crippen molar-refractivity contribution in [1.29, 1.82) is 0 Å². The number of nitro groups is 1. The standard InChI is InChI=1S/C14H13ClN2O4/c1-9(6-10-4-5-21-8-10)16-14(18)12-3-2-11(17(19)20)7-13(12)15/h2-5,7-9H,6H2,1H3,(H,16,18). The molecular formula is C14H13ClN2O4. The van der Waals surface area contributed by atoms with Gasteiger partial charge in [-0.15, -0.1) is 0 Å². The maximum atomic E-state index is 12.1. The number of hydrogen-bond donors (Lipinski definition) is 1. The van der Waals surface area contributed by atoms with Crippen molar-refractivity contribution < 1.29 is 14.1 Å². The molecule has 6 nitrogen and oxygen atoms in total. The van der Waals surface area contributed by atoms with E-state index < -0.39 is 4.92 Å². The zero-order chi connectivity index (χ0) is 15.4. The van der Waals surface area contributed by atoms with Crippen molar-refractivity contribution in [2.75, 3.05) is 0 Å². The van der Waals surface area contributed by atoms with Gasteiger partial charge in [-0.1, -0.05) is 11.6 Å². The Balaban J connectivity index is 2.04. The molecule has 0 saturated carbocycles. The number of carbonyl (C=O) groups is 1. The topological polar surface area (TPSA) is 85.4 Å². The van der Waals surface area contributed by atoms with Gasteiger partial charge in [0.1, 0.15) is 0 Å². The largest absolute Gasteiger partial charge is 0.472 e. The van der Waals surface area contributed by atoms with Gasteiger partial charge in [0.05, 0.1) is 28.0 Å². The molecule has 21 heavy (non-hydrogen) atoms. The molecular weight excluding hydrogens is 296 g/mol. The van der Waals surface area contributed by atoms with Gasteiger partial charge in [0.15, 0.2) is 0 Å². The van der Waals surface area contributed by atoms with Gasteiger partial charge in [-0.3, -0.25) is 14.9 Å². The van der Waals surface area contributed by atoms with E-state index in [0.29, 0.717) is 6.42 Å². The second-order valence-corrected chi connectivity index (χ2v) is 5.04. The van der Waals surface area contributed by atoms with Crippen molar-refractivity contribution in [3.05, 3.63) is 63.1 Å². The monoisotopic (exact) mass is 308 g/mol. The summed E-state index contributed by atoms with van der Waals surface area (Å²) >= 11 is 5.91. The highest BCUT2D eigenvalue weighted by Crippen LogP contribution is 2.22. The Morgan fingerprint density at radius 3 is 2.81 bits per heavy atom. The first-order valence-electron chi connectivity index (χ1n) is 6.23. The number of non-ortho nitro benzene ring substituents is 1. The lowest BCUT2D eigenvalue weighted by Gasteiger charge is -2.13. The van der Waals surface area contributed by atoms with Gasteiger partial charge in [-0.25, -0.2) is 0 Å². The van der Waals surface area contributed by atoms with Crippen LogP contribution in [0.4, 0.5) is 5.69 Å². The normalized spacial score (nSPS) is 11.9. The summed E-state index contributed by atoms with van der Waals surface area (Å²) in [6, 6.07) is 5.46. The highest BCUT2D eigenvalue weighted by Gasteiger charge is 2.16. The predicted octanol–water partition coefficient (Wildman–Crippen LogP) is 3.20. The predicted molar refractivity (Wildman–Crippen MR) is 77.4 cm³/mol. The molecule has 0 fully saturated rings. The summed E-state index contributed by atoms with van der Waals surface area (Å²) in [7, 11) is 0. The number of rotatable bonds is 5. The van der Waals surface area contributed by atoms with Gasteiger partial charge in [0.25, 0.3) is 11.6 Å². The molecule has 0 aliphatic carbocycles. The van der Waals surface area contributed by atoms with Gasteiger partial charge < -0.3 is 9.73 Å². The minimum absolute atomic E-state index is 0.0530. The molecule has 1 aromatic carbocycles. The van der Waals surface area contributed by atoms with E-state index in [9.17, 15) is 14.9 Å². The smallest absolute Gasteiger partial charge is 0.270 e. The number of amides is 1. The Kier molecular flexibility index (Phi) is 4.59. The molecule has 0 radical (unpaired) electrons. The van der Waals surface area contributed by atoms with E-state index in [1.54, 1.807) is 12.5 Å². The number of nitrogens with one attached hydrogen (secondary N) is 1. The molecule has 0 aliphatic heterocycles. The van der Waals surface area contributed by atoms with E-state index in [4.69, 9.17) is 16.0 Å². The van der Waals surface area contributed by atoms with Crippen LogP contribution >= 0.6 is 11.6 Å². The molecule has 1 aromatic heterocycles. The Morgan fingerprint density at radius 1 is 1.48 bits per heavy atom. The summed E-state index contributed by atoms with van der Waals surface area (Å²) in [6.07, 6.45) is 3.80. The van der Waals surface area contributed by atoms with Crippen LogP contribution in [0.25, 0.3) is 0 Å². The van der Waals surface area contributed by atoms with E-state index in [1.807, 2.05) is 13.0 Å². The van der Waals surface area contributed by atoms with Gasteiger partial charge >= 0.3 is 0 Å². The van der Waals surface area contributed by atoms with Gasteiger partial charge in [-0.2, -0.15) is 0 Å². The van der Waals surface area contributed by atoms with Crippen LogP contribution in [-0.2, 0) is 6.42 Å². The van der Waals surface area contributed by atoms with Crippen molar-refractivity contribution in [1.82, 2.24) is 5.32 Å². The molecule has 110 valence electrons. The van der Waals surface area contributed by atoms with E-state index >= 15 is 0 Å². The molecule has 1 amide bonds. The molecule has 0 bridgehead atoms. The Morgan fingerprint density at radius 2 is 2.24 bits per heavy atom. The fourth-order valence-electron chi connectivity index (χ4n) is 1.92. The van der Waals surface area contributed by atoms with Crippen molar-refractivity contribution in [3.8, 4) is 0 Å². The number of benzene rings is 1. The highest BCUT2D eigenvalue weighted by atomic mass is 35.5. The van der Waals surface area contributed by atoms with Crippen molar-refractivity contribution in [3.63, 3.8) is 0 Å². The average Bonchev–Trinajstić information content (AvgIpc) is 2.90. The molecule has 0 aliphatic rings. The van der Waals surface area contributed by atoms with Crippen molar-refractivity contribution in [2.24, 2.45) is 0 Å². The lowest BCUT2D eigenvalue weighted by molar-refractivity contribution is -0.384. The first-order valence-corrected chi connectivity index (χ1v) is 6.61. The van der Waals surface area contributed by atoms with Crippen LogP contribution < -0.4 is 5.32 Å². The fourth-order valence-corrected chi connectivity index (χ4v) is 2.18. The molecule has 1 N–H and O–H groups in total. The lowest BCUT2D eigenvalue weighted by Crippen LogP contribution is -2.34. The zero-order valence-corrected chi connectivity index (χ0v) is 12.0. The molecule has 1 atom stereocenters. The Labute approximate surface area is 125 Å². The number of nitro benzene ring substituents is 1. The first-order chi connectivity index (χ1) is 9.97. The van der Waals surface area contributed by atoms with Crippen LogP contribution in [0.15, 0.2) is 41.2 Å². The van der Waals surface area contributed by atoms with Gasteiger partial charge in [0.2, 0.25) is 0 Å². The highest BCUT2D eigenvalue weighted by molar-refractivity contribution is 6.34. The van der Waals surface area contributed by atoms with E-state index in [1.165, 1.54) is 12.1 Å². The molecule has 0 saturated heterocycles. The third-order valence-electron chi connectivity index (χ3n) is 2.91. The SMILES string of the molecule is CC(Cc1ccoc1)NC(=O)c1ccc([N+](=O)[O-])cc1Cl. The number of furan rings is 1. The molecule has 0 spiro atoms. The van der Waals surface area contributed by atoms with E-state index in [-0.39, 0.29) is 28.2 Å². The minimum atomic E-state index is -0.560. The number of nitrogens with zero attached hydrogens (tertiary/aromatic N) is 1. The average molecular weight is 309 g/mol. The third-order valence-corrected chi connectivity index (χ3v) is 3.22. The van der Waals surface area contributed by atoms with Crippen LogP contribution in [0.5, 0.6) is 0 Å². The lowest BCUT2D eigenvalue weighted by atomic mass is 10.1. The fraction of sp³-hybridized carbons (Fsp3) is 0.214. The molecule has 1 unspecified atom stereocenters. The van der Waals surface area contributed by atoms with Crippen LogP contribution in [0.1, 0.15) is 22.8 Å². The summed E-state index contributed by atoms with van der Waals surface area (Å²) in [5.74, 6) is -0.370. The minimum Gasteiger partial charge on any atom is -0.472 e.